The highest BCUT2D eigenvalue weighted by Gasteiger charge is 2.26. The number of nitrogens with two attached hydrogens (primary N) is 1. The second kappa shape index (κ2) is 6.15. The first kappa shape index (κ1) is 12.6. The van der Waals surface area contributed by atoms with E-state index in [1.807, 2.05) is 6.07 Å². The van der Waals surface area contributed by atoms with Crippen LogP contribution in [0.2, 0.25) is 0 Å². The summed E-state index contributed by atoms with van der Waals surface area (Å²) in [5.74, 6) is 0.378. The molecule has 0 saturated carbocycles. The van der Waals surface area contributed by atoms with Gasteiger partial charge in [-0.2, -0.15) is 0 Å². The maximum Gasteiger partial charge on any atom is 0.0586 e. The van der Waals surface area contributed by atoms with E-state index in [1.165, 1.54) is 12.0 Å². The quantitative estimate of drug-likeness (QED) is 0.804. The fraction of sp³-hybridized carbons (Fsp3) is 0.571. The number of aliphatic hydroxyl groups excluding tert-OH is 1. The average molecular weight is 234 g/mol. The number of likely N-dealkylation sites (tertiary alicyclic amines) is 1. The summed E-state index contributed by atoms with van der Waals surface area (Å²) < 4.78 is 0. The zero-order chi connectivity index (χ0) is 12.1. The summed E-state index contributed by atoms with van der Waals surface area (Å²) >= 11 is 0. The van der Waals surface area contributed by atoms with E-state index in [0.717, 1.165) is 19.5 Å². The molecule has 94 valence electrons. The SMILES string of the molecule is NCC(CN1CCCC1CO)c1ccccc1. The molecule has 2 atom stereocenters. The van der Waals surface area contributed by atoms with Crippen LogP contribution in [-0.2, 0) is 0 Å². The van der Waals surface area contributed by atoms with Crippen molar-refractivity contribution in [2.45, 2.75) is 24.8 Å². The molecule has 3 nitrogen and oxygen atoms in total. The fourth-order valence-electron chi connectivity index (χ4n) is 2.67. The van der Waals surface area contributed by atoms with Crippen LogP contribution in [-0.4, -0.2) is 42.3 Å². The molecule has 0 bridgehead atoms. The normalized spacial score (nSPS) is 22.8. The highest BCUT2D eigenvalue weighted by molar-refractivity contribution is 5.20. The van der Waals surface area contributed by atoms with Gasteiger partial charge in [0.1, 0.15) is 0 Å². The highest BCUT2D eigenvalue weighted by Crippen LogP contribution is 2.22. The zero-order valence-electron chi connectivity index (χ0n) is 10.3. The molecule has 3 heteroatoms. The maximum absolute atomic E-state index is 9.32. The van der Waals surface area contributed by atoms with E-state index < -0.39 is 0 Å². The van der Waals surface area contributed by atoms with Crippen LogP contribution in [0.15, 0.2) is 30.3 Å². The number of benzene rings is 1. The maximum atomic E-state index is 9.32. The molecule has 2 unspecified atom stereocenters. The molecule has 1 saturated heterocycles. The van der Waals surface area contributed by atoms with Gasteiger partial charge in [-0.15, -0.1) is 0 Å². The molecule has 1 heterocycles. The van der Waals surface area contributed by atoms with Gasteiger partial charge in [0.2, 0.25) is 0 Å². The number of hydrogen-bond donors (Lipinski definition) is 2. The van der Waals surface area contributed by atoms with Gasteiger partial charge < -0.3 is 10.8 Å². The van der Waals surface area contributed by atoms with Gasteiger partial charge in [0.05, 0.1) is 6.61 Å². The standard InChI is InChI=1S/C14H22N2O/c15-9-13(12-5-2-1-3-6-12)10-16-8-4-7-14(16)11-17/h1-3,5-6,13-14,17H,4,7-11,15H2. The van der Waals surface area contributed by atoms with E-state index in [0.29, 0.717) is 18.5 Å². The summed E-state index contributed by atoms with van der Waals surface area (Å²) in [7, 11) is 0. The largest absolute Gasteiger partial charge is 0.395 e. The molecule has 0 spiro atoms. The van der Waals surface area contributed by atoms with Crippen LogP contribution in [0, 0.1) is 0 Å². The Balaban J connectivity index is 2.00. The number of nitrogens with zero attached hydrogens (tertiary/aromatic N) is 1. The van der Waals surface area contributed by atoms with Crippen LogP contribution in [0.25, 0.3) is 0 Å². The Labute approximate surface area is 103 Å². The van der Waals surface area contributed by atoms with Gasteiger partial charge in [-0.3, -0.25) is 4.90 Å². The van der Waals surface area contributed by atoms with E-state index >= 15 is 0 Å². The molecule has 17 heavy (non-hydrogen) atoms. The first-order valence-corrected chi connectivity index (χ1v) is 6.45. The molecule has 3 N–H and O–H groups in total. The summed E-state index contributed by atoms with van der Waals surface area (Å²) in [5.41, 5.74) is 7.18. The van der Waals surface area contributed by atoms with Crippen molar-refractivity contribution in [3.05, 3.63) is 35.9 Å². The Bertz CT molecular complexity index is 328. The number of rotatable bonds is 5. The van der Waals surface area contributed by atoms with Crippen LogP contribution in [0.5, 0.6) is 0 Å². The van der Waals surface area contributed by atoms with Crippen molar-refractivity contribution in [3.63, 3.8) is 0 Å². The molecule has 1 fully saturated rings. The summed E-state index contributed by atoms with van der Waals surface area (Å²) in [5, 5.41) is 9.32. The summed E-state index contributed by atoms with van der Waals surface area (Å²) in [6.07, 6.45) is 2.31. The van der Waals surface area contributed by atoms with Gasteiger partial charge in [0.15, 0.2) is 0 Å². The van der Waals surface area contributed by atoms with Gasteiger partial charge in [-0.05, 0) is 24.9 Å². The van der Waals surface area contributed by atoms with Crippen molar-refractivity contribution >= 4 is 0 Å². The first-order valence-electron chi connectivity index (χ1n) is 6.45. The lowest BCUT2D eigenvalue weighted by molar-refractivity contribution is 0.153. The lowest BCUT2D eigenvalue weighted by Crippen LogP contribution is -2.37. The Morgan fingerprint density at radius 2 is 2.12 bits per heavy atom. The third-order valence-corrected chi connectivity index (χ3v) is 3.72. The molecule has 1 aromatic carbocycles. The average Bonchev–Trinajstić information content (AvgIpc) is 2.84. The van der Waals surface area contributed by atoms with Crippen LogP contribution < -0.4 is 5.73 Å². The molecule has 1 aliphatic rings. The monoisotopic (exact) mass is 234 g/mol. The Kier molecular flexibility index (Phi) is 4.54. The third kappa shape index (κ3) is 3.06. The van der Waals surface area contributed by atoms with Crippen LogP contribution >= 0.6 is 0 Å². The van der Waals surface area contributed by atoms with Crippen molar-refractivity contribution in [3.8, 4) is 0 Å². The molecular formula is C14H22N2O. The van der Waals surface area contributed by atoms with Gasteiger partial charge in [0, 0.05) is 25.0 Å². The molecular weight excluding hydrogens is 212 g/mol. The van der Waals surface area contributed by atoms with Crippen molar-refractivity contribution in [2.24, 2.45) is 5.73 Å². The third-order valence-electron chi connectivity index (χ3n) is 3.72. The molecule has 1 aliphatic heterocycles. The Hall–Kier alpha value is -0.900. The van der Waals surface area contributed by atoms with Gasteiger partial charge in [-0.25, -0.2) is 0 Å². The van der Waals surface area contributed by atoms with Crippen LogP contribution in [0.1, 0.15) is 24.3 Å². The van der Waals surface area contributed by atoms with E-state index in [1.54, 1.807) is 0 Å². The van der Waals surface area contributed by atoms with Gasteiger partial charge in [0.25, 0.3) is 0 Å². The van der Waals surface area contributed by atoms with E-state index in [-0.39, 0.29) is 6.61 Å². The first-order chi connectivity index (χ1) is 8.35. The van der Waals surface area contributed by atoms with Gasteiger partial charge in [-0.1, -0.05) is 30.3 Å². The molecule has 0 radical (unpaired) electrons. The van der Waals surface area contributed by atoms with Crippen molar-refractivity contribution in [1.82, 2.24) is 4.90 Å². The van der Waals surface area contributed by atoms with Gasteiger partial charge >= 0.3 is 0 Å². The van der Waals surface area contributed by atoms with Crippen LogP contribution in [0.3, 0.4) is 0 Å². The van der Waals surface area contributed by atoms with E-state index in [2.05, 4.69) is 29.2 Å². The van der Waals surface area contributed by atoms with E-state index in [9.17, 15) is 5.11 Å². The number of aliphatic hydroxyl groups is 1. The second-order valence-corrected chi connectivity index (χ2v) is 4.82. The molecule has 0 aliphatic carbocycles. The predicted molar refractivity (Wildman–Crippen MR) is 69.9 cm³/mol. The molecule has 1 aromatic rings. The minimum Gasteiger partial charge on any atom is -0.395 e. The smallest absolute Gasteiger partial charge is 0.0586 e. The molecule has 0 amide bonds. The minimum atomic E-state index is 0.270. The molecule has 0 aromatic heterocycles. The minimum absolute atomic E-state index is 0.270. The summed E-state index contributed by atoms with van der Waals surface area (Å²) in [6, 6.07) is 10.8. The number of hydrogen-bond acceptors (Lipinski definition) is 3. The van der Waals surface area contributed by atoms with Crippen molar-refractivity contribution in [2.75, 3.05) is 26.2 Å². The zero-order valence-corrected chi connectivity index (χ0v) is 10.3. The highest BCUT2D eigenvalue weighted by atomic mass is 16.3. The second-order valence-electron chi connectivity index (χ2n) is 4.82. The lowest BCUT2D eigenvalue weighted by atomic mass is 9.98. The summed E-state index contributed by atoms with van der Waals surface area (Å²) in [6.45, 7) is 2.99. The van der Waals surface area contributed by atoms with Crippen molar-refractivity contribution in [1.29, 1.82) is 0 Å². The Morgan fingerprint density at radius 3 is 2.76 bits per heavy atom. The Morgan fingerprint density at radius 1 is 1.35 bits per heavy atom. The topological polar surface area (TPSA) is 49.5 Å². The van der Waals surface area contributed by atoms with E-state index in [4.69, 9.17) is 5.73 Å². The van der Waals surface area contributed by atoms with Crippen LogP contribution in [0.4, 0.5) is 0 Å². The lowest BCUT2D eigenvalue weighted by Gasteiger charge is -2.27. The fourth-order valence-corrected chi connectivity index (χ4v) is 2.67. The summed E-state index contributed by atoms with van der Waals surface area (Å²) in [4.78, 5) is 2.38. The van der Waals surface area contributed by atoms with Crippen molar-refractivity contribution < 1.29 is 5.11 Å². The predicted octanol–water partition coefficient (Wildman–Crippen LogP) is 1.19. The molecule has 2 rings (SSSR count).